The molecule has 0 bridgehead atoms. The van der Waals surface area contributed by atoms with Crippen LogP contribution >= 0.6 is 11.3 Å². The van der Waals surface area contributed by atoms with E-state index in [9.17, 15) is 18.0 Å². The first-order valence-corrected chi connectivity index (χ1v) is 11.8. The SMILES string of the molecule is Cc1oc(C(=O)Nc2nc3c(s2)C(=O)CC(C)(C)C3)cc1S(=O)(=O)N1CCCC1. The van der Waals surface area contributed by atoms with E-state index in [0.717, 1.165) is 24.2 Å². The van der Waals surface area contributed by atoms with Crippen LogP contribution in [0.25, 0.3) is 0 Å². The van der Waals surface area contributed by atoms with Crippen LogP contribution in [0, 0.1) is 12.3 Å². The summed E-state index contributed by atoms with van der Waals surface area (Å²) in [7, 11) is -3.68. The Morgan fingerprint density at radius 1 is 1.28 bits per heavy atom. The minimum atomic E-state index is -3.68. The van der Waals surface area contributed by atoms with Gasteiger partial charge in [-0.1, -0.05) is 25.2 Å². The van der Waals surface area contributed by atoms with E-state index in [0.29, 0.717) is 41.6 Å². The Morgan fingerprint density at radius 3 is 2.66 bits per heavy atom. The lowest BCUT2D eigenvalue weighted by atomic mass is 9.78. The Balaban J connectivity index is 1.55. The van der Waals surface area contributed by atoms with Gasteiger partial charge in [0.2, 0.25) is 10.0 Å². The second-order valence-corrected chi connectivity index (χ2v) is 11.2. The summed E-state index contributed by atoms with van der Waals surface area (Å²) in [6.45, 7) is 6.51. The number of carbonyl (C=O) groups excluding carboxylic acids is 2. The molecular weight excluding hydrogens is 414 g/mol. The van der Waals surface area contributed by atoms with Crippen LogP contribution in [0.15, 0.2) is 15.4 Å². The van der Waals surface area contributed by atoms with Gasteiger partial charge in [-0.05, 0) is 31.6 Å². The van der Waals surface area contributed by atoms with Crippen LogP contribution in [0.5, 0.6) is 0 Å². The molecule has 8 nitrogen and oxygen atoms in total. The zero-order valence-corrected chi connectivity index (χ0v) is 18.2. The summed E-state index contributed by atoms with van der Waals surface area (Å²) in [5.41, 5.74) is 0.538. The molecule has 1 fully saturated rings. The summed E-state index contributed by atoms with van der Waals surface area (Å²) in [5, 5.41) is 2.95. The Kier molecular flexibility index (Phi) is 4.91. The number of sulfonamides is 1. The van der Waals surface area contributed by atoms with Gasteiger partial charge in [0.1, 0.15) is 10.7 Å². The number of carbonyl (C=O) groups is 2. The zero-order valence-electron chi connectivity index (χ0n) is 16.6. The molecule has 2 aliphatic rings. The van der Waals surface area contributed by atoms with Gasteiger partial charge in [0, 0.05) is 25.6 Å². The van der Waals surface area contributed by atoms with Crippen LogP contribution in [-0.4, -0.2) is 42.5 Å². The van der Waals surface area contributed by atoms with Crippen molar-refractivity contribution in [3.63, 3.8) is 0 Å². The van der Waals surface area contributed by atoms with Gasteiger partial charge in [-0.15, -0.1) is 0 Å². The quantitative estimate of drug-likeness (QED) is 0.786. The summed E-state index contributed by atoms with van der Waals surface area (Å²) in [5.74, 6) is -0.478. The van der Waals surface area contributed by atoms with E-state index < -0.39 is 15.9 Å². The van der Waals surface area contributed by atoms with Gasteiger partial charge in [0.05, 0.1) is 10.6 Å². The molecule has 29 heavy (non-hydrogen) atoms. The highest BCUT2D eigenvalue weighted by Gasteiger charge is 2.35. The third kappa shape index (κ3) is 3.76. The number of thiazole rings is 1. The van der Waals surface area contributed by atoms with Gasteiger partial charge < -0.3 is 4.42 Å². The normalized spacial score (nSPS) is 19.3. The highest BCUT2D eigenvalue weighted by molar-refractivity contribution is 7.89. The standard InChI is InChI=1S/C19H23N3O5S2/c1-11-15(29(25,26)22-6-4-5-7-22)8-14(27-11)17(24)21-18-20-12-9-19(2,3)10-13(23)16(12)28-18/h8H,4-7,9-10H2,1-3H3,(H,20,21,24). The van der Waals surface area contributed by atoms with Gasteiger partial charge in [0.25, 0.3) is 5.91 Å². The van der Waals surface area contributed by atoms with Crippen LogP contribution in [0.2, 0.25) is 0 Å². The number of hydrogen-bond acceptors (Lipinski definition) is 7. The van der Waals surface area contributed by atoms with Crippen molar-refractivity contribution >= 4 is 38.2 Å². The van der Waals surface area contributed by atoms with E-state index >= 15 is 0 Å². The van der Waals surface area contributed by atoms with E-state index in [4.69, 9.17) is 4.42 Å². The second-order valence-electron chi connectivity index (χ2n) is 8.33. The number of nitrogens with zero attached hydrogens (tertiary/aromatic N) is 2. The van der Waals surface area contributed by atoms with Crippen molar-refractivity contribution in [2.75, 3.05) is 18.4 Å². The average molecular weight is 438 g/mol. The number of aryl methyl sites for hydroxylation is 1. The molecular formula is C19H23N3O5S2. The first-order chi connectivity index (χ1) is 13.6. The van der Waals surface area contributed by atoms with Gasteiger partial charge >= 0.3 is 0 Å². The zero-order chi connectivity index (χ0) is 21.0. The highest BCUT2D eigenvalue weighted by Crippen LogP contribution is 2.38. The number of furan rings is 1. The molecule has 10 heteroatoms. The van der Waals surface area contributed by atoms with Crippen LogP contribution in [0.4, 0.5) is 5.13 Å². The predicted molar refractivity (Wildman–Crippen MR) is 108 cm³/mol. The molecule has 1 aliphatic carbocycles. The number of amides is 1. The fourth-order valence-electron chi connectivity index (χ4n) is 3.83. The van der Waals surface area contributed by atoms with Crippen molar-refractivity contribution in [3.8, 4) is 0 Å². The van der Waals surface area contributed by atoms with Gasteiger partial charge in [-0.2, -0.15) is 4.31 Å². The van der Waals surface area contributed by atoms with Gasteiger partial charge in [0.15, 0.2) is 16.7 Å². The van der Waals surface area contributed by atoms with Gasteiger partial charge in [-0.25, -0.2) is 13.4 Å². The topological polar surface area (TPSA) is 110 Å². The van der Waals surface area contributed by atoms with E-state index in [1.54, 1.807) is 0 Å². The Morgan fingerprint density at radius 2 is 1.97 bits per heavy atom. The molecule has 0 atom stereocenters. The minimum Gasteiger partial charge on any atom is -0.455 e. The van der Waals surface area contributed by atoms with Crippen molar-refractivity contribution in [3.05, 3.63) is 28.2 Å². The Bertz CT molecular complexity index is 1090. The summed E-state index contributed by atoms with van der Waals surface area (Å²) in [6, 6.07) is 1.26. The monoisotopic (exact) mass is 437 g/mol. The lowest BCUT2D eigenvalue weighted by Gasteiger charge is -2.26. The first-order valence-electron chi connectivity index (χ1n) is 9.52. The largest absolute Gasteiger partial charge is 0.455 e. The highest BCUT2D eigenvalue weighted by atomic mass is 32.2. The number of anilines is 1. The van der Waals surface area contributed by atoms with E-state index in [1.807, 2.05) is 13.8 Å². The number of rotatable bonds is 4. The maximum atomic E-state index is 12.8. The molecule has 1 amide bonds. The van der Waals surface area contributed by atoms with Crippen LogP contribution in [0.3, 0.4) is 0 Å². The maximum absolute atomic E-state index is 12.8. The number of Topliss-reactive ketones (excluding diaryl/α,β-unsaturated/α-hetero) is 1. The fraction of sp³-hybridized carbons (Fsp3) is 0.526. The molecule has 3 heterocycles. The summed E-state index contributed by atoms with van der Waals surface area (Å²) in [4.78, 5) is 29.9. The molecule has 2 aromatic rings. The van der Waals surface area contributed by atoms with Crippen LogP contribution < -0.4 is 5.32 Å². The number of nitrogens with one attached hydrogen (secondary N) is 1. The molecule has 1 saturated heterocycles. The number of ketones is 1. The van der Waals surface area contributed by atoms with Crippen molar-refractivity contribution in [1.82, 2.24) is 9.29 Å². The fourth-order valence-corrected chi connectivity index (χ4v) is 6.43. The van der Waals surface area contributed by atoms with Gasteiger partial charge in [-0.3, -0.25) is 14.9 Å². The molecule has 156 valence electrons. The molecule has 0 spiro atoms. The van der Waals surface area contributed by atoms with E-state index in [1.165, 1.54) is 17.3 Å². The van der Waals surface area contributed by atoms with Crippen molar-refractivity contribution in [1.29, 1.82) is 0 Å². The summed E-state index contributed by atoms with van der Waals surface area (Å²) < 4.78 is 32.4. The van der Waals surface area contributed by atoms with Crippen LogP contribution in [0.1, 0.15) is 64.8 Å². The molecule has 0 radical (unpaired) electrons. The summed E-state index contributed by atoms with van der Waals surface area (Å²) in [6.07, 6.45) is 2.77. The number of hydrogen-bond donors (Lipinski definition) is 1. The van der Waals surface area contributed by atoms with Crippen LogP contribution in [-0.2, 0) is 16.4 Å². The minimum absolute atomic E-state index is 0.0138. The lowest BCUT2D eigenvalue weighted by molar-refractivity contribution is 0.0915. The molecule has 0 aromatic carbocycles. The van der Waals surface area contributed by atoms with E-state index in [-0.39, 0.29) is 27.6 Å². The number of aromatic nitrogens is 1. The van der Waals surface area contributed by atoms with Crippen molar-refractivity contribution in [2.45, 2.75) is 51.3 Å². The lowest BCUT2D eigenvalue weighted by Crippen LogP contribution is -2.28. The second kappa shape index (κ2) is 7.03. The maximum Gasteiger partial charge on any atom is 0.293 e. The molecule has 4 rings (SSSR count). The molecule has 1 N–H and O–H groups in total. The third-order valence-corrected chi connectivity index (χ3v) is 8.30. The smallest absolute Gasteiger partial charge is 0.293 e. The van der Waals surface area contributed by atoms with Crippen molar-refractivity contribution in [2.24, 2.45) is 5.41 Å². The molecule has 0 saturated carbocycles. The Labute approximate surface area is 173 Å². The third-order valence-electron chi connectivity index (χ3n) is 5.24. The van der Waals surface area contributed by atoms with Crippen molar-refractivity contribution < 1.29 is 22.4 Å². The predicted octanol–water partition coefficient (Wildman–Crippen LogP) is 3.24. The molecule has 1 aliphatic heterocycles. The number of fused-ring (bicyclic) bond motifs is 1. The molecule has 0 unspecified atom stereocenters. The Hall–Kier alpha value is -2.04. The molecule has 2 aromatic heterocycles. The summed E-state index contributed by atoms with van der Waals surface area (Å²) >= 11 is 1.14. The van der Waals surface area contributed by atoms with E-state index in [2.05, 4.69) is 10.3 Å². The first kappa shape index (κ1) is 20.2. The average Bonchev–Trinajstić information content (AvgIpc) is 3.32.